The van der Waals surface area contributed by atoms with E-state index in [1.807, 2.05) is 61.5 Å². The number of carbonyl (C=O) groups excluding carboxylic acids is 1. The Bertz CT molecular complexity index is 901. The van der Waals surface area contributed by atoms with Crippen LogP contribution in [-0.2, 0) is 5.75 Å². The normalized spacial score (nSPS) is 11.8. The van der Waals surface area contributed by atoms with Crippen LogP contribution in [-0.4, -0.2) is 20.0 Å². The zero-order valence-corrected chi connectivity index (χ0v) is 17.1. The first-order valence-corrected chi connectivity index (χ1v) is 10.1. The molecule has 28 heavy (non-hydrogen) atoms. The lowest BCUT2D eigenvalue weighted by molar-refractivity contribution is 0.0982. The Morgan fingerprint density at radius 2 is 1.79 bits per heavy atom. The lowest BCUT2D eigenvalue weighted by Gasteiger charge is -2.18. The smallest absolute Gasteiger partial charge is 0.164 e. The lowest BCUT2D eigenvalue weighted by atomic mass is 10.0. The number of benzene rings is 2. The van der Waals surface area contributed by atoms with Crippen molar-refractivity contribution in [2.24, 2.45) is 0 Å². The Morgan fingerprint density at radius 1 is 1.04 bits per heavy atom. The molecule has 0 spiro atoms. The van der Waals surface area contributed by atoms with Gasteiger partial charge >= 0.3 is 0 Å². The van der Waals surface area contributed by atoms with Gasteiger partial charge in [0, 0.05) is 17.2 Å². The first-order chi connectivity index (χ1) is 13.6. The Hall–Kier alpha value is -2.66. The van der Waals surface area contributed by atoms with Gasteiger partial charge in [-0.05, 0) is 36.8 Å². The summed E-state index contributed by atoms with van der Waals surface area (Å²) >= 11 is 1.68. The number of methoxy groups -OCH3 is 2. The Labute approximate surface area is 169 Å². The third-order valence-electron chi connectivity index (χ3n) is 4.53. The van der Waals surface area contributed by atoms with Crippen LogP contribution in [0.5, 0.6) is 11.5 Å². The first-order valence-electron chi connectivity index (χ1n) is 9.06. The van der Waals surface area contributed by atoms with Gasteiger partial charge in [-0.1, -0.05) is 35.9 Å². The first kappa shape index (κ1) is 20.1. The molecule has 0 fully saturated rings. The van der Waals surface area contributed by atoms with Crippen molar-refractivity contribution in [2.75, 3.05) is 14.2 Å². The molecule has 0 aliphatic rings. The predicted molar refractivity (Wildman–Crippen MR) is 112 cm³/mol. The van der Waals surface area contributed by atoms with Gasteiger partial charge < -0.3 is 13.9 Å². The standard InChI is InChI=1S/C23H24O4S/c1-16-6-8-17(9-7-16)20(24)14-23(28-15-19-5-4-12-27-19)18-10-11-21(25-2)22(13-18)26-3/h4-13,23H,14-15H2,1-3H3. The molecule has 0 aliphatic carbocycles. The van der Waals surface area contributed by atoms with Crippen molar-refractivity contribution in [3.05, 3.63) is 83.3 Å². The fourth-order valence-corrected chi connectivity index (χ4v) is 4.07. The van der Waals surface area contributed by atoms with E-state index in [1.54, 1.807) is 32.2 Å². The van der Waals surface area contributed by atoms with E-state index in [4.69, 9.17) is 13.9 Å². The van der Waals surface area contributed by atoms with Crippen LogP contribution in [0.25, 0.3) is 0 Å². The average Bonchev–Trinajstić information content (AvgIpc) is 3.24. The average molecular weight is 397 g/mol. The van der Waals surface area contributed by atoms with Crippen LogP contribution in [0.4, 0.5) is 0 Å². The zero-order chi connectivity index (χ0) is 19.9. The molecule has 1 heterocycles. The molecule has 5 heteroatoms. The van der Waals surface area contributed by atoms with Crippen LogP contribution < -0.4 is 9.47 Å². The molecule has 2 aromatic carbocycles. The summed E-state index contributed by atoms with van der Waals surface area (Å²) in [6, 6.07) is 17.3. The molecule has 1 aromatic heterocycles. The molecule has 0 bridgehead atoms. The van der Waals surface area contributed by atoms with Gasteiger partial charge in [-0.2, -0.15) is 0 Å². The molecular formula is C23H24O4S. The summed E-state index contributed by atoms with van der Waals surface area (Å²) in [7, 11) is 3.23. The van der Waals surface area contributed by atoms with E-state index in [9.17, 15) is 4.79 Å². The second-order valence-corrected chi connectivity index (χ2v) is 7.68. The summed E-state index contributed by atoms with van der Waals surface area (Å²) in [5.74, 6) is 3.02. The molecular weight excluding hydrogens is 372 g/mol. The Kier molecular flexibility index (Phi) is 6.82. The van der Waals surface area contributed by atoms with Crippen LogP contribution in [0.3, 0.4) is 0 Å². The molecule has 4 nitrogen and oxygen atoms in total. The molecule has 0 saturated heterocycles. The molecule has 3 aromatic rings. The third-order valence-corrected chi connectivity index (χ3v) is 5.82. The van der Waals surface area contributed by atoms with Crippen LogP contribution in [0, 0.1) is 6.92 Å². The van der Waals surface area contributed by atoms with Gasteiger partial charge in [0.25, 0.3) is 0 Å². The van der Waals surface area contributed by atoms with E-state index < -0.39 is 0 Å². The summed E-state index contributed by atoms with van der Waals surface area (Å²) in [5, 5.41) is -0.0290. The van der Waals surface area contributed by atoms with Crippen molar-refractivity contribution >= 4 is 17.5 Å². The minimum atomic E-state index is -0.0290. The monoisotopic (exact) mass is 396 g/mol. The van der Waals surface area contributed by atoms with Crippen molar-refractivity contribution < 1.29 is 18.7 Å². The fourth-order valence-electron chi connectivity index (χ4n) is 2.93. The summed E-state index contributed by atoms with van der Waals surface area (Å²) < 4.78 is 16.2. The van der Waals surface area contributed by atoms with Crippen molar-refractivity contribution in [2.45, 2.75) is 24.3 Å². The minimum Gasteiger partial charge on any atom is -0.493 e. The molecule has 3 rings (SSSR count). The number of ether oxygens (including phenoxy) is 2. The molecule has 0 saturated carbocycles. The summed E-state index contributed by atoms with van der Waals surface area (Å²) in [6.07, 6.45) is 2.06. The highest BCUT2D eigenvalue weighted by atomic mass is 32.2. The Balaban J connectivity index is 1.83. The van der Waals surface area contributed by atoms with E-state index in [1.165, 1.54) is 0 Å². The molecule has 0 N–H and O–H groups in total. The number of furan rings is 1. The SMILES string of the molecule is COc1ccc(C(CC(=O)c2ccc(C)cc2)SCc2ccco2)cc1OC. The van der Waals surface area contributed by atoms with Gasteiger partial charge in [-0.15, -0.1) is 11.8 Å². The van der Waals surface area contributed by atoms with E-state index in [2.05, 4.69) is 0 Å². The van der Waals surface area contributed by atoms with Crippen molar-refractivity contribution in [3.63, 3.8) is 0 Å². The predicted octanol–water partition coefficient (Wildman–Crippen LogP) is 5.85. The zero-order valence-electron chi connectivity index (χ0n) is 16.3. The van der Waals surface area contributed by atoms with E-state index >= 15 is 0 Å². The minimum absolute atomic E-state index is 0.0290. The van der Waals surface area contributed by atoms with Gasteiger partial charge in [0.05, 0.1) is 26.2 Å². The topological polar surface area (TPSA) is 48.7 Å². The fraction of sp³-hybridized carbons (Fsp3) is 0.261. The second-order valence-electron chi connectivity index (χ2n) is 6.49. The lowest BCUT2D eigenvalue weighted by Crippen LogP contribution is -2.06. The quantitative estimate of drug-likeness (QED) is 0.424. The molecule has 0 radical (unpaired) electrons. The highest BCUT2D eigenvalue weighted by Gasteiger charge is 2.20. The summed E-state index contributed by atoms with van der Waals surface area (Å²) in [6.45, 7) is 2.01. The van der Waals surface area contributed by atoms with Gasteiger partial charge in [-0.3, -0.25) is 4.79 Å². The highest BCUT2D eigenvalue weighted by molar-refractivity contribution is 7.98. The molecule has 1 unspecified atom stereocenters. The number of hydrogen-bond donors (Lipinski definition) is 0. The molecule has 0 amide bonds. The maximum atomic E-state index is 12.9. The van der Waals surface area contributed by atoms with Crippen LogP contribution in [0.1, 0.15) is 38.9 Å². The third kappa shape index (κ3) is 4.98. The van der Waals surface area contributed by atoms with Crippen molar-refractivity contribution in [1.82, 2.24) is 0 Å². The number of aryl methyl sites for hydroxylation is 1. The van der Waals surface area contributed by atoms with Gasteiger partial charge in [-0.25, -0.2) is 0 Å². The molecule has 0 aliphatic heterocycles. The molecule has 1 atom stereocenters. The largest absolute Gasteiger partial charge is 0.493 e. The maximum Gasteiger partial charge on any atom is 0.164 e. The summed E-state index contributed by atoms with van der Waals surface area (Å²) in [5.41, 5.74) is 2.89. The van der Waals surface area contributed by atoms with E-state index in [0.717, 1.165) is 22.5 Å². The van der Waals surface area contributed by atoms with E-state index in [-0.39, 0.29) is 11.0 Å². The van der Waals surface area contributed by atoms with Gasteiger partial charge in [0.15, 0.2) is 17.3 Å². The maximum absolute atomic E-state index is 12.9. The van der Waals surface area contributed by atoms with Crippen molar-refractivity contribution in [1.29, 1.82) is 0 Å². The number of ketones is 1. The Morgan fingerprint density at radius 3 is 2.43 bits per heavy atom. The van der Waals surface area contributed by atoms with Crippen LogP contribution in [0.15, 0.2) is 65.3 Å². The number of carbonyl (C=O) groups is 1. The highest BCUT2D eigenvalue weighted by Crippen LogP contribution is 2.39. The number of Topliss-reactive ketones (excluding diaryl/α,β-unsaturated/α-hetero) is 1. The van der Waals surface area contributed by atoms with E-state index in [0.29, 0.717) is 23.7 Å². The summed E-state index contributed by atoms with van der Waals surface area (Å²) in [4.78, 5) is 12.9. The van der Waals surface area contributed by atoms with Gasteiger partial charge in [0.2, 0.25) is 0 Å². The number of thioether (sulfide) groups is 1. The molecule has 146 valence electrons. The number of hydrogen-bond acceptors (Lipinski definition) is 5. The van der Waals surface area contributed by atoms with Crippen molar-refractivity contribution in [3.8, 4) is 11.5 Å². The van der Waals surface area contributed by atoms with Crippen LogP contribution >= 0.6 is 11.8 Å². The van der Waals surface area contributed by atoms with Crippen LogP contribution in [0.2, 0.25) is 0 Å². The van der Waals surface area contributed by atoms with Gasteiger partial charge in [0.1, 0.15) is 5.76 Å². The second kappa shape index (κ2) is 9.51. The number of rotatable bonds is 9.